The van der Waals surface area contributed by atoms with Crippen LogP contribution in [0.15, 0.2) is 94.3 Å². The van der Waals surface area contributed by atoms with Gasteiger partial charge in [-0.05, 0) is 48.0 Å². The summed E-state index contributed by atoms with van der Waals surface area (Å²) in [5.41, 5.74) is 2.41. The molecule has 0 aliphatic heterocycles. The van der Waals surface area contributed by atoms with Crippen molar-refractivity contribution in [2.75, 3.05) is 5.32 Å². The Morgan fingerprint density at radius 1 is 0.967 bits per heavy atom. The number of hydrogen-bond donors (Lipinski definition) is 1. The molecule has 1 heterocycles. The Labute approximate surface area is 182 Å². The van der Waals surface area contributed by atoms with Gasteiger partial charge < -0.3 is 14.6 Å². The lowest BCUT2D eigenvalue weighted by molar-refractivity contribution is -0.116. The third-order valence-corrected chi connectivity index (χ3v) is 5.13. The number of benzene rings is 3. The number of carbonyl (C=O) groups is 1. The zero-order chi connectivity index (χ0) is 20.9. The minimum absolute atomic E-state index is 0.0750. The lowest BCUT2D eigenvalue weighted by Crippen LogP contribution is -2.20. The van der Waals surface area contributed by atoms with Crippen molar-refractivity contribution in [1.29, 1.82) is 0 Å². The first-order chi connectivity index (χ1) is 14.6. The summed E-state index contributed by atoms with van der Waals surface area (Å²) in [6, 6.07) is 24.1. The Balaban J connectivity index is 1.40. The van der Waals surface area contributed by atoms with Gasteiger partial charge in [0, 0.05) is 27.8 Å². The molecule has 0 spiro atoms. The monoisotopic (exact) mass is 462 g/mol. The first-order valence-corrected chi connectivity index (χ1v) is 10.2. The number of nitrogens with zero attached hydrogens (tertiary/aromatic N) is 1. The highest BCUT2D eigenvalue weighted by atomic mass is 79.9. The summed E-state index contributed by atoms with van der Waals surface area (Å²) in [6.07, 6.45) is 1.64. The molecular weight excluding hydrogens is 444 g/mol. The van der Waals surface area contributed by atoms with Crippen molar-refractivity contribution in [2.24, 2.45) is 0 Å². The Morgan fingerprint density at radius 2 is 1.73 bits per heavy atom. The quantitative estimate of drug-likeness (QED) is 0.439. The molecule has 0 atom stereocenters. The van der Waals surface area contributed by atoms with Crippen LogP contribution in [0.4, 0.5) is 5.69 Å². The molecule has 150 valence electrons. The van der Waals surface area contributed by atoms with E-state index in [0.29, 0.717) is 23.2 Å². The van der Waals surface area contributed by atoms with Crippen LogP contribution in [0.2, 0.25) is 0 Å². The summed E-state index contributed by atoms with van der Waals surface area (Å²) in [7, 11) is 0. The molecule has 1 aromatic heterocycles. The highest BCUT2D eigenvalue weighted by Gasteiger charge is 2.08. The van der Waals surface area contributed by atoms with E-state index in [1.54, 1.807) is 29.0 Å². The molecule has 1 N–H and O–H groups in total. The maximum atomic E-state index is 12.5. The van der Waals surface area contributed by atoms with Gasteiger partial charge in [-0.3, -0.25) is 9.59 Å². The van der Waals surface area contributed by atoms with Crippen LogP contribution in [0.5, 0.6) is 5.75 Å². The van der Waals surface area contributed by atoms with Crippen molar-refractivity contribution in [3.63, 3.8) is 0 Å². The zero-order valence-corrected chi connectivity index (χ0v) is 17.6. The first-order valence-electron chi connectivity index (χ1n) is 9.44. The second kappa shape index (κ2) is 8.97. The predicted molar refractivity (Wildman–Crippen MR) is 122 cm³/mol. The third kappa shape index (κ3) is 4.78. The van der Waals surface area contributed by atoms with E-state index in [-0.39, 0.29) is 17.9 Å². The lowest BCUT2D eigenvalue weighted by Gasteiger charge is -2.12. The van der Waals surface area contributed by atoms with Gasteiger partial charge in [0.1, 0.15) is 18.9 Å². The molecule has 1 amide bonds. The molecule has 3 aromatic carbocycles. The summed E-state index contributed by atoms with van der Waals surface area (Å²) in [5, 5.41) is 3.45. The van der Waals surface area contributed by atoms with Crippen LogP contribution in [0.25, 0.3) is 10.9 Å². The fourth-order valence-electron chi connectivity index (χ4n) is 3.15. The molecule has 4 aromatic rings. The number of carbonyl (C=O) groups excluding carboxylic acids is 1. The fraction of sp³-hybridized carbons (Fsp3) is 0.0833. The van der Waals surface area contributed by atoms with Crippen molar-refractivity contribution in [2.45, 2.75) is 13.2 Å². The van der Waals surface area contributed by atoms with Crippen LogP contribution in [0.3, 0.4) is 0 Å². The number of pyridine rings is 1. The molecule has 0 saturated heterocycles. The van der Waals surface area contributed by atoms with Crippen LogP contribution >= 0.6 is 15.9 Å². The average Bonchev–Trinajstić information content (AvgIpc) is 2.76. The molecule has 0 saturated carbocycles. The Hall–Kier alpha value is -3.38. The van der Waals surface area contributed by atoms with Crippen LogP contribution in [0.1, 0.15) is 5.56 Å². The molecule has 5 nitrogen and oxygen atoms in total. The number of nitrogens with one attached hydrogen (secondary N) is 1. The van der Waals surface area contributed by atoms with Gasteiger partial charge in [0.25, 0.3) is 0 Å². The summed E-state index contributed by atoms with van der Waals surface area (Å²) in [5.74, 6) is 0.551. The summed E-state index contributed by atoms with van der Waals surface area (Å²) >= 11 is 3.38. The minimum atomic E-state index is -0.180. The number of halogens is 1. The molecule has 0 aliphatic carbocycles. The second-order valence-corrected chi connectivity index (χ2v) is 7.73. The number of fused-ring (bicyclic) bond motifs is 1. The summed E-state index contributed by atoms with van der Waals surface area (Å²) in [4.78, 5) is 24.6. The van der Waals surface area contributed by atoms with Gasteiger partial charge in [0.15, 0.2) is 5.43 Å². The highest BCUT2D eigenvalue weighted by molar-refractivity contribution is 9.10. The number of amides is 1. The Kier molecular flexibility index (Phi) is 5.95. The van der Waals surface area contributed by atoms with Gasteiger partial charge in [0.05, 0.1) is 5.52 Å². The predicted octanol–water partition coefficient (Wildman–Crippen LogP) is 4.98. The Bertz CT molecular complexity index is 1240. The number of rotatable bonds is 6. The van der Waals surface area contributed by atoms with Gasteiger partial charge in [-0.15, -0.1) is 0 Å². The fourth-order valence-corrected chi connectivity index (χ4v) is 3.51. The molecule has 0 bridgehead atoms. The molecule has 0 fully saturated rings. The standard InChI is InChI=1S/C24H19BrN2O3/c25-18-6-11-22-21(14-18)23(28)12-13-27(22)15-24(29)26-19-7-9-20(10-8-19)30-16-17-4-2-1-3-5-17/h1-14H,15-16H2,(H,26,29). The van der Waals surface area contributed by atoms with Crippen LogP contribution in [0, 0.1) is 0 Å². The van der Waals surface area contributed by atoms with E-state index >= 15 is 0 Å². The number of anilines is 1. The molecular formula is C24H19BrN2O3. The molecule has 4 rings (SSSR count). The number of hydrogen-bond acceptors (Lipinski definition) is 3. The maximum Gasteiger partial charge on any atom is 0.244 e. The smallest absolute Gasteiger partial charge is 0.244 e. The van der Waals surface area contributed by atoms with Crippen LogP contribution in [-0.4, -0.2) is 10.5 Å². The van der Waals surface area contributed by atoms with Crippen molar-refractivity contribution in [3.8, 4) is 5.75 Å². The van der Waals surface area contributed by atoms with E-state index in [0.717, 1.165) is 15.8 Å². The third-order valence-electron chi connectivity index (χ3n) is 4.64. The van der Waals surface area contributed by atoms with Gasteiger partial charge in [-0.2, -0.15) is 0 Å². The maximum absolute atomic E-state index is 12.5. The number of aromatic nitrogens is 1. The van der Waals surface area contributed by atoms with Crippen molar-refractivity contribution in [3.05, 3.63) is 105 Å². The van der Waals surface area contributed by atoms with Crippen molar-refractivity contribution in [1.82, 2.24) is 4.57 Å². The van der Waals surface area contributed by atoms with E-state index in [1.807, 2.05) is 54.6 Å². The minimum Gasteiger partial charge on any atom is -0.489 e. The van der Waals surface area contributed by atoms with Crippen molar-refractivity contribution < 1.29 is 9.53 Å². The topological polar surface area (TPSA) is 60.3 Å². The molecule has 6 heteroatoms. The zero-order valence-electron chi connectivity index (χ0n) is 16.0. The van der Waals surface area contributed by atoms with Crippen molar-refractivity contribution >= 4 is 38.4 Å². The largest absolute Gasteiger partial charge is 0.489 e. The van der Waals surface area contributed by atoms with E-state index in [2.05, 4.69) is 21.2 Å². The normalized spacial score (nSPS) is 10.7. The van der Waals surface area contributed by atoms with Gasteiger partial charge >= 0.3 is 0 Å². The van der Waals surface area contributed by atoms with Gasteiger partial charge in [-0.25, -0.2) is 0 Å². The summed E-state index contributed by atoms with van der Waals surface area (Å²) < 4.78 is 8.35. The van der Waals surface area contributed by atoms with Crippen LogP contribution in [-0.2, 0) is 17.9 Å². The van der Waals surface area contributed by atoms with Crippen LogP contribution < -0.4 is 15.5 Å². The SMILES string of the molecule is O=C(Cn1ccc(=O)c2cc(Br)ccc21)Nc1ccc(OCc2ccccc2)cc1. The molecule has 0 unspecified atom stereocenters. The van der Waals surface area contributed by atoms with Gasteiger partial charge in [-0.1, -0.05) is 46.3 Å². The van der Waals surface area contributed by atoms with E-state index in [9.17, 15) is 9.59 Å². The van der Waals surface area contributed by atoms with E-state index in [1.165, 1.54) is 6.07 Å². The molecule has 0 aliphatic rings. The molecule has 30 heavy (non-hydrogen) atoms. The van der Waals surface area contributed by atoms with E-state index in [4.69, 9.17) is 4.74 Å². The van der Waals surface area contributed by atoms with Gasteiger partial charge in [0.2, 0.25) is 5.91 Å². The molecule has 0 radical (unpaired) electrons. The highest BCUT2D eigenvalue weighted by Crippen LogP contribution is 2.19. The average molecular weight is 463 g/mol. The lowest BCUT2D eigenvalue weighted by atomic mass is 10.2. The first kappa shape index (κ1) is 19.9. The second-order valence-electron chi connectivity index (χ2n) is 6.82. The summed E-state index contributed by atoms with van der Waals surface area (Å²) in [6.45, 7) is 0.590. The number of ether oxygens (including phenoxy) is 1. The Morgan fingerprint density at radius 3 is 2.50 bits per heavy atom. The van der Waals surface area contributed by atoms with E-state index < -0.39 is 0 Å².